The van der Waals surface area contributed by atoms with Crippen molar-refractivity contribution in [3.63, 3.8) is 0 Å². The van der Waals surface area contributed by atoms with Gasteiger partial charge in [0, 0.05) is 24.8 Å². The van der Waals surface area contributed by atoms with Crippen molar-refractivity contribution < 1.29 is 4.52 Å². The minimum Gasteiger partial charge on any atom is -0.357 e. The number of hydrogen-bond donors (Lipinski definition) is 0. The normalized spacial score (nSPS) is 16.8. The second-order valence-electron chi connectivity index (χ2n) is 5.22. The molecular weight excluding hydrogens is 240 g/mol. The standard InChI is InChI=1S/C14H18N4O/c1-10-4-7-18(8-5-10)13-9-12(3-6-15-13)14-16-11(2)17-19-14/h3,6,9-10H,4-5,7-8H2,1-2H3. The molecule has 5 nitrogen and oxygen atoms in total. The zero-order valence-corrected chi connectivity index (χ0v) is 11.3. The van der Waals surface area contributed by atoms with Crippen LogP contribution in [0.1, 0.15) is 25.6 Å². The Morgan fingerprint density at radius 3 is 2.79 bits per heavy atom. The molecule has 1 fully saturated rings. The van der Waals surface area contributed by atoms with Crippen LogP contribution in [0.25, 0.3) is 11.5 Å². The number of rotatable bonds is 2. The first kappa shape index (κ1) is 12.1. The molecule has 0 amide bonds. The molecule has 1 saturated heterocycles. The van der Waals surface area contributed by atoms with Crippen LogP contribution < -0.4 is 4.90 Å². The minimum absolute atomic E-state index is 0.562. The number of piperidine rings is 1. The van der Waals surface area contributed by atoms with E-state index in [-0.39, 0.29) is 0 Å². The summed E-state index contributed by atoms with van der Waals surface area (Å²) in [5, 5.41) is 3.82. The molecule has 2 aromatic heterocycles. The molecule has 5 heteroatoms. The van der Waals surface area contributed by atoms with Crippen molar-refractivity contribution in [3.8, 4) is 11.5 Å². The van der Waals surface area contributed by atoms with Gasteiger partial charge in [0.25, 0.3) is 5.89 Å². The Bertz CT molecular complexity index is 558. The van der Waals surface area contributed by atoms with E-state index in [1.54, 1.807) is 0 Å². The fourth-order valence-electron chi connectivity index (χ4n) is 2.38. The largest absolute Gasteiger partial charge is 0.357 e. The highest BCUT2D eigenvalue weighted by atomic mass is 16.5. The van der Waals surface area contributed by atoms with Crippen molar-refractivity contribution in [2.45, 2.75) is 26.7 Å². The number of anilines is 1. The number of pyridine rings is 1. The average molecular weight is 258 g/mol. The van der Waals surface area contributed by atoms with Gasteiger partial charge in [-0.25, -0.2) is 4.98 Å². The molecule has 100 valence electrons. The molecule has 0 saturated carbocycles. The van der Waals surface area contributed by atoms with Gasteiger partial charge in [0.1, 0.15) is 5.82 Å². The van der Waals surface area contributed by atoms with Gasteiger partial charge in [-0.1, -0.05) is 12.1 Å². The van der Waals surface area contributed by atoms with Crippen LogP contribution in [-0.2, 0) is 0 Å². The molecule has 3 heterocycles. The third-order valence-electron chi connectivity index (χ3n) is 3.63. The Balaban J connectivity index is 1.84. The van der Waals surface area contributed by atoms with Crippen LogP contribution in [0, 0.1) is 12.8 Å². The highest BCUT2D eigenvalue weighted by Gasteiger charge is 2.18. The maximum Gasteiger partial charge on any atom is 0.258 e. The Kier molecular flexibility index (Phi) is 3.19. The van der Waals surface area contributed by atoms with Gasteiger partial charge in [-0.15, -0.1) is 0 Å². The fourth-order valence-corrected chi connectivity index (χ4v) is 2.38. The van der Waals surface area contributed by atoms with E-state index in [0.29, 0.717) is 11.7 Å². The Morgan fingerprint density at radius 2 is 2.11 bits per heavy atom. The molecule has 19 heavy (non-hydrogen) atoms. The summed E-state index contributed by atoms with van der Waals surface area (Å²) in [6, 6.07) is 3.94. The van der Waals surface area contributed by atoms with E-state index in [4.69, 9.17) is 4.52 Å². The fraction of sp³-hybridized carbons (Fsp3) is 0.500. The monoisotopic (exact) mass is 258 g/mol. The third kappa shape index (κ3) is 2.59. The molecule has 0 aliphatic carbocycles. The number of hydrogen-bond acceptors (Lipinski definition) is 5. The van der Waals surface area contributed by atoms with E-state index in [1.165, 1.54) is 12.8 Å². The van der Waals surface area contributed by atoms with Crippen LogP contribution in [0.5, 0.6) is 0 Å². The second-order valence-corrected chi connectivity index (χ2v) is 5.22. The quantitative estimate of drug-likeness (QED) is 0.829. The Morgan fingerprint density at radius 1 is 1.32 bits per heavy atom. The van der Waals surface area contributed by atoms with Gasteiger partial charge in [-0.05, 0) is 37.8 Å². The van der Waals surface area contributed by atoms with Crippen LogP contribution in [0.2, 0.25) is 0 Å². The molecule has 1 aliphatic rings. The maximum absolute atomic E-state index is 5.20. The van der Waals surface area contributed by atoms with Gasteiger partial charge < -0.3 is 9.42 Å². The summed E-state index contributed by atoms with van der Waals surface area (Å²) >= 11 is 0. The van der Waals surface area contributed by atoms with Crippen molar-refractivity contribution in [3.05, 3.63) is 24.2 Å². The summed E-state index contributed by atoms with van der Waals surface area (Å²) in [4.78, 5) is 11.0. The molecule has 0 spiro atoms. The van der Waals surface area contributed by atoms with Crippen LogP contribution >= 0.6 is 0 Å². The zero-order chi connectivity index (χ0) is 13.2. The highest BCUT2D eigenvalue weighted by Crippen LogP contribution is 2.25. The molecule has 0 atom stereocenters. The number of nitrogens with zero attached hydrogens (tertiary/aromatic N) is 4. The van der Waals surface area contributed by atoms with Gasteiger partial charge in [-0.3, -0.25) is 0 Å². The molecule has 2 aromatic rings. The summed E-state index contributed by atoms with van der Waals surface area (Å²) in [5.74, 6) is 3.03. The van der Waals surface area contributed by atoms with Gasteiger partial charge in [-0.2, -0.15) is 4.98 Å². The molecule has 0 bridgehead atoms. The topological polar surface area (TPSA) is 55.1 Å². The van der Waals surface area contributed by atoms with E-state index in [0.717, 1.165) is 30.4 Å². The molecule has 1 aliphatic heterocycles. The van der Waals surface area contributed by atoms with Crippen LogP contribution in [0.3, 0.4) is 0 Å². The smallest absolute Gasteiger partial charge is 0.258 e. The lowest BCUT2D eigenvalue weighted by Crippen LogP contribution is -2.33. The molecule has 3 rings (SSSR count). The summed E-state index contributed by atoms with van der Waals surface area (Å²) < 4.78 is 5.20. The van der Waals surface area contributed by atoms with Gasteiger partial charge >= 0.3 is 0 Å². The SMILES string of the molecule is Cc1noc(-c2ccnc(N3CCC(C)CC3)c2)n1. The van der Waals surface area contributed by atoms with Gasteiger partial charge in [0.15, 0.2) is 5.82 Å². The highest BCUT2D eigenvalue weighted by molar-refractivity contribution is 5.58. The zero-order valence-electron chi connectivity index (χ0n) is 11.3. The first-order chi connectivity index (χ1) is 9.22. The second kappa shape index (κ2) is 4.99. The van der Waals surface area contributed by atoms with Crippen molar-refractivity contribution in [1.82, 2.24) is 15.1 Å². The average Bonchev–Trinajstić information content (AvgIpc) is 2.86. The lowest BCUT2D eigenvalue weighted by molar-refractivity contribution is 0.425. The van der Waals surface area contributed by atoms with Crippen LogP contribution in [0.4, 0.5) is 5.82 Å². The summed E-state index contributed by atoms with van der Waals surface area (Å²) in [6.45, 7) is 6.27. The van der Waals surface area contributed by atoms with Gasteiger partial charge in [0.2, 0.25) is 0 Å². The van der Waals surface area contributed by atoms with E-state index in [1.807, 2.05) is 25.3 Å². The van der Waals surface area contributed by atoms with Crippen molar-refractivity contribution >= 4 is 5.82 Å². The molecule has 0 N–H and O–H groups in total. The van der Waals surface area contributed by atoms with Crippen LogP contribution in [0.15, 0.2) is 22.9 Å². The van der Waals surface area contributed by atoms with E-state index in [9.17, 15) is 0 Å². The molecule has 0 unspecified atom stereocenters. The van der Waals surface area contributed by atoms with Crippen LogP contribution in [-0.4, -0.2) is 28.2 Å². The van der Waals surface area contributed by atoms with Crippen molar-refractivity contribution in [1.29, 1.82) is 0 Å². The maximum atomic E-state index is 5.20. The number of aryl methyl sites for hydroxylation is 1. The first-order valence-electron chi connectivity index (χ1n) is 6.74. The Hall–Kier alpha value is -1.91. The minimum atomic E-state index is 0.562. The summed E-state index contributed by atoms with van der Waals surface area (Å²) in [7, 11) is 0. The first-order valence-corrected chi connectivity index (χ1v) is 6.74. The molecule has 0 radical (unpaired) electrons. The van der Waals surface area contributed by atoms with Crippen molar-refractivity contribution in [2.75, 3.05) is 18.0 Å². The van der Waals surface area contributed by atoms with E-state index in [2.05, 4.69) is 26.9 Å². The predicted octanol–water partition coefficient (Wildman–Crippen LogP) is 2.68. The lowest BCUT2D eigenvalue weighted by atomic mass is 9.99. The van der Waals surface area contributed by atoms with Gasteiger partial charge in [0.05, 0.1) is 0 Å². The Labute approximate surface area is 112 Å². The summed E-state index contributed by atoms with van der Waals surface area (Å²) in [5.41, 5.74) is 0.934. The van der Waals surface area contributed by atoms with Crippen molar-refractivity contribution in [2.24, 2.45) is 5.92 Å². The third-order valence-corrected chi connectivity index (χ3v) is 3.63. The van der Waals surface area contributed by atoms with E-state index < -0.39 is 0 Å². The predicted molar refractivity (Wildman–Crippen MR) is 72.9 cm³/mol. The molecular formula is C14H18N4O. The van der Waals surface area contributed by atoms with E-state index >= 15 is 0 Å². The lowest BCUT2D eigenvalue weighted by Gasteiger charge is -2.31. The summed E-state index contributed by atoms with van der Waals surface area (Å²) in [6.07, 6.45) is 4.26. The number of aromatic nitrogens is 3. The molecule has 0 aromatic carbocycles.